The van der Waals surface area contributed by atoms with E-state index < -0.39 is 17.5 Å². The normalized spacial score (nSPS) is 16.2. The molecule has 0 aromatic heterocycles. The quantitative estimate of drug-likeness (QED) is 0.840. The highest BCUT2D eigenvalue weighted by Gasteiger charge is 2.25. The third kappa shape index (κ3) is 3.71. The molecule has 1 amide bonds. The van der Waals surface area contributed by atoms with Crippen molar-refractivity contribution in [3.05, 3.63) is 29.3 Å². The van der Waals surface area contributed by atoms with Crippen LogP contribution in [0.5, 0.6) is 0 Å². The fourth-order valence-corrected chi connectivity index (χ4v) is 2.47. The van der Waals surface area contributed by atoms with E-state index in [4.69, 9.17) is 0 Å². The number of halogens is 2. The molecule has 3 nitrogen and oxygen atoms in total. The lowest BCUT2D eigenvalue weighted by molar-refractivity contribution is 0.0908. The first-order chi connectivity index (χ1) is 10.0. The minimum Gasteiger partial charge on any atom is -0.380 e. The fourth-order valence-electron chi connectivity index (χ4n) is 2.47. The number of anilines is 1. The molecule has 1 fully saturated rings. The molecule has 1 aliphatic carbocycles. The van der Waals surface area contributed by atoms with E-state index in [0.29, 0.717) is 12.5 Å². The number of carbonyl (C=O) groups is 1. The van der Waals surface area contributed by atoms with Crippen LogP contribution in [-0.4, -0.2) is 18.5 Å². The van der Waals surface area contributed by atoms with E-state index in [-0.39, 0.29) is 17.3 Å². The summed E-state index contributed by atoms with van der Waals surface area (Å²) in [6.07, 6.45) is 4.15. The Hall–Kier alpha value is -1.65. The molecule has 1 unspecified atom stereocenters. The van der Waals surface area contributed by atoms with Crippen molar-refractivity contribution < 1.29 is 13.6 Å². The number of nitrogens with one attached hydrogen (secondary N) is 2. The van der Waals surface area contributed by atoms with Crippen LogP contribution in [0.1, 0.15) is 49.9 Å². The van der Waals surface area contributed by atoms with Crippen LogP contribution in [-0.2, 0) is 0 Å². The minimum atomic E-state index is -0.732. The van der Waals surface area contributed by atoms with E-state index in [1.54, 1.807) is 0 Å². The van der Waals surface area contributed by atoms with Gasteiger partial charge in [0.05, 0.1) is 0 Å². The highest BCUT2D eigenvalue weighted by Crippen LogP contribution is 2.29. The van der Waals surface area contributed by atoms with E-state index in [9.17, 15) is 13.6 Å². The highest BCUT2D eigenvalue weighted by molar-refractivity contribution is 5.94. The summed E-state index contributed by atoms with van der Waals surface area (Å²) >= 11 is 0. The van der Waals surface area contributed by atoms with Gasteiger partial charge in [0, 0.05) is 18.2 Å². The largest absolute Gasteiger partial charge is 0.380 e. The Kier molecular flexibility index (Phi) is 5.15. The van der Waals surface area contributed by atoms with Crippen LogP contribution in [0, 0.1) is 17.6 Å². The summed E-state index contributed by atoms with van der Waals surface area (Å²) in [5.74, 6) is -1.40. The van der Waals surface area contributed by atoms with Gasteiger partial charge < -0.3 is 10.6 Å². The molecule has 1 aromatic carbocycles. The Morgan fingerprint density at radius 2 is 1.95 bits per heavy atom. The van der Waals surface area contributed by atoms with Crippen LogP contribution >= 0.6 is 0 Å². The van der Waals surface area contributed by atoms with Gasteiger partial charge in [-0.3, -0.25) is 4.79 Å². The SMILES string of the molecule is CCCNc1c(F)cc(C(=O)NC(C)C2CCC2)cc1F. The molecule has 2 N–H and O–H groups in total. The van der Waals surface area contributed by atoms with Crippen molar-refractivity contribution in [2.75, 3.05) is 11.9 Å². The smallest absolute Gasteiger partial charge is 0.251 e. The van der Waals surface area contributed by atoms with Crippen molar-refractivity contribution in [1.29, 1.82) is 0 Å². The van der Waals surface area contributed by atoms with Crippen LogP contribution in [0.3, 0.4) is 0 Å². The Morgan fingerprint density at radius 3 is 2.43 bits per heavy atom. The Bertz CT molecular complexity index is 492. The molecular formula is C16H22F2N2O. The molecule has 0 spiro atoms. The van der Waals surface area contributed by atoms with Crippen molar-refractivity contribution in [3.63, 3.8) is 0 Å². The second kappa shape index (κ2) is 6.87. The van der Waals surface area contributed by atoms with Gasteiger partial charge in [0.15, 0.2) is 0 Å². The molecule has 5 heteroatoms. The van der Waals surface area contributed by atoms with Crippen LogP contribution in [0.4, 0.5) is 14.5 Å². The summed E-state index contributed by atoms with van der Waals surface area (Å²) in [4.78, 5) is 12.1. The van der Waals surface area contributed by atoms with Gasteiger partial charge in [-0.05, 0) is 44.2 Å². The molecule has 0 saturated heterocycles. The molecule has 0 radical (unpaired) electrons. The predicted octanol–water partition coefficient (Wildman–Crippen LogP) is 3.71. The topological polar surface area (TPSA) is 41.1 Å². The zero-order chi connectivity index (χ0) is 15.4. The van der Waals surface area contributed by atoms with E-state index in [0.717, 1.165) is 31.4 Å². The molecule has 2 rings (SSSR count). The minimum absolute atomic E-state index is 0.0261. The first-order valence-electron chi connectivity index (χ1n) is 7.56. The highest BCUT2D eigenvalue weighted by atomic mass is 19.1. The lowest BCUT2D eigenvalue weighted by Crippen LogP contribution is -2.40. The molecule has 1 saturated carbocycles. The first kappa shape index (κ1) is 15.7. The summed E-state index contributed by atoms with van der Waals surface area (Å²) in [6.45, 7) is 4.33. The standard InChI is InChI=1S/C16H22F2N2O/c1-3-7-19-15-13(17)8-12(9-14(15)18)16(21)20-10(2)11-5-4-6-11/h8-11,19H,3-7H2,1-2H3,(H,20,21). The zero-order valence-electron chi connectivity index (χ0n) is 12.5. The number of hydrogen-bond acceptors (Lipinski definition) is 2. The van der Waals surface area contributed by atoms with Crippen LogP contribution < -0.4 is 10.6 Å². The number of hydrogen-bond donors (Lipinski definition) is 2. The number of rotatable bonds is 6. The summed E-state index contributed by atoms with van der Waals surface area (Å²) in [5.41, 5.74) is -0.140. The van der Waals surface area contributed by atoms with Gasteiger partial charge in [-0.1, -0.05) is 13.3 Å². The monoisotopic (exact) mass is 296 g/mol. The Labute approximate surface area is 124 Å². The molecule has 1 aliphatic rings. The molecular weight excluding hydrogens is 274 g/mol. The van der Waals surface area contributed by atoms with Crippen LogP contribution in [0.25, 0.3) is 0 Å². The van der Waals surface area contributed by atoms with Gasteiger partial charge in [0.25, 0.3) is 5.91 Å². The van der Waals surface area contributed by atoms with E-state index in [1.165, 1.54) is 6.42 Å². The van der Waals surface area contributed by atoms with Crippen molar-refractivity contribution in [3.8, 4) is 0 Å². The predicted molar refractivity (Wildman–Crippen MR) is 79.4 cm³/mol. The lowest BCUT2D eigenvalue weighted by Gasteiger charge is -2.31. The van der Waals surface area contributed by atoms with E-state index in [1.807, 2.05) is 13.8 Å². The van der Waals surface area contributed by atoms with Gasteiger partial charge in [-0.15, -0.1) is 0 Å². The summed E-state index contributed by atoms with van der Waals surface area (Å²) in [5, 5.41) is 5.52. The third-order valence-corrected chi connectivity index (χ3v) is 4.07. The van der Waals surface area contributed by atoms with Crippen LogP contribution in [0.2, 0.25) is 0 Å². The fraction of sp³-hybridized carbons (Fsp3) is 0.562. The van der Waals surface area contributed by atoms with Crippen molar-refractivity contribution in [2.45, 2.75) is 45.6 Å². The number of amides is 1. The summed E-state index contributed by atoms with van der Waals surface area (Å²) in [7, 11) is 0. The van der Waals surface area contributed by atoms with Crippen molar-refractivity contribution in [2.24, 2.45) is 5.92 Å². The van der Waals surface area contributed by atoms with E-state index >= 15 is 0 Å². The maximum atomic E-state index is 13.9. The Balaban J connectivity index is 2.07. The molecule has 0 bridgehead atoms. The molecule has 21 heavy (non-hydrogen) atoms. The number of carbonyl (C=O) groups excluding carboxylic acids is 1. The van der Waals surface area contributed by atoms with Crippen LogP contribution in [0.15, 0.2) is 12.1 Å². The maximum absolute atomic E-state index is 13.9. The molecule has 0 heterocycles. The number of benzene rings is 1. The maximum Gasteiger partial charge on any atom is 0.251 e. The lowest BCUT2D eigenvalue weighted by atomic mass is 9.80. The molecule has 1 aromatic rings. The average Bonchev–Trinajstić information content (AvgIpc) is 2.35. The Morgan fingerprint density at radius 1 is 1.33 bits per heavy atom. The molecule has 116 valence electrons. The summed E-state index contributed by atoms with van der Waals surface area (Å²) < 4.78 is 27.8. The zero-order valence-corrected chi connectivity index (χ0v) is 12.5. The summed E-state index contributed by atoms with van der Waals surface area (Å²) in [6, 6.07) is 2.21. The van der Waals surface area contributed by atoms with Crippen molar-refractivity contribution in [1.82, 2.24) is 5.32 Å². The molecule has 0 aliphatic heterocycles. The van der Waals surface area contributed by atoms with Gasteiger partial charge >= 0.3 is 0 Å². The van der Waals surface area contributed by atoms with Gasteiger partial charge in [-0.2, -0.15) is 0 Å². The second-order valence-electron chi connectivity index (χ2n) is 5.69. The van der Waals surface area contributed by atoms with Gasteiger partial charge in [0.2, 0.25) is 0 Å². The first-order valence-corrected chi connectivity index (χ1v) is 7.56. The van der Waals surface area contributed by atoms with E-state index in [2.05, 4.69) is 10.6 Å². The average molecular weight is 296 g/mol. The second-order valence-corrected chi connectivity index (χ2v) is 5.69. The van der Waals surface area contributed by atoms with Crippen molar-refractivity contribution >= 4 is 11.6 Å². The molecule has 1 atom stereocenters. The third-order valence-electron chi connectivity index (χ3n) is 4.07. The van der Waals surface area contributed by atoms with Gasteiger partial charge in [0.1, 0.15) is 17.3 Å². The van der Waals surface area contributed by atoms with Gasteiger partial charge in [-0.25, -0.2) is 8.78 Å².